The third-order valence-electron chi connectivity index (χ3n) is 5.10. The summed E-state index contributed by atoms with van der Waals surface area (Å²) < 4.78 is 1.23. The molecule has 3 saturated heterocycles. The van der Waals surface area contributed by atoms with Gasteiger partial charge in [-0.3, -0.25) is 14.0 Å². The molecule has 3 aliphatic heterocycles. The first-order chi connectivity index (χ1) is 11.5. The summed E-state index contributed by atoms with van der Waals surface area (Å²) in [6.45, 7) is 2.52. The van der Waals surface area contributed by atoms with Crippen molar-refractivity contribution in [1.82, 2.24) is 19.2 Å². The molecule has 1 amide bonds. The summed E-state index contributed by atoms with van der Waals surface area (Å²) in [5, 5.41) is 9.80. The Hall–Kier alpha value is -2.41. The number of fused-ring (bicyclic) bond motifs is 5. The van der Waals surface area contributed by atoms with Gasteiger partial charge in [-0.1, -0.05) is 0 Å². The second kappa shape index (κ2) is 5.59. The molecule has 3 aliphatic rings. The zero-order chi connectivity index (χ0) is 16.8. The number of pyridine rings is 1. The van der Waals surface area contributed by atoms with Gasteiger partial charge in [0.2, 0.25) is 0 Å². The van der Waals surface area contributed by atoms with Crippen LogP contribution in [0.15, 0.2) is 29.3 Å². The number of nitrogens with zero attached hydrogens (tertiary/aromatic N) is 4. The second-order valence-electron chi connectivity index (χ2n) is 6.84. The topological polar surface area (TPSA) is 78.2 Å². The third kappa shape index (κ3) is 2.36. The highest BCUT2D eigenvalue weighted by molar-refractivity contribution is 5.94. The van der Waals surface area contributed by atoms with Crippen LogP contribution in [0.1, 0.15) is 23.2 Å². The molecule has 24 heavy (non-hydrogen) atoms. The predicted octanol–water partition coefficient (Wildman–Crippen LogP) is 0.566. The lowest BCUT2D eigenvalue weighted by Crippen LogP contribution is -2.48. The Balaban J connectivity index is 1.74. The summed E-state index contributed by atoms with van der Waals surface area (Å²) in [5.74, 6) is 0.122. The molecule has 2 unspecified atom stereocenters. The van der Waals surface area contributed by atoms with Crippen LogP contribution in [0.3, 0.4) is 0 Å². The Bertz CT molecular complexity index is 863. The number of aromatic nitrogens is 2. The molecule has 5 heterocycles. The molecule has 0 spiro atoms. The minimum atomic E-state index is -0.436. The number of hydrogen-bond donors (Lipinski definition) is 1. The molecule has 0 radical (unpaired) electrons. The lowest BCUT2D eigenvalue weighted by atomic mass is 9.94. The van der Waals surface area contributed by atoms with Crippen molar-refractivity contribution in [2.45, 2.75) is 18.9 Å². The molecule has 7 nitrogen and oxygen atoms in total. The van der Waals surface area contributed by atoms with Crippen LogP contribution in [0.2, 0.25) is 0 Å². The first-order valence-electron chi connectivity index (χ1n) is 8.23. The monoisotopic (exact) mass is 328 g/mol. The van der Waals surface area contributed by atoms with Gasteiger partial charge < -0.3 is 14.9 Å². The van der Waals surface area contributed by atoms with Crippen molar-refractivity contribution in [3.63, 3.8) is 0 Å². The Kier molecular flexibility index (Phi) is 3.53. The maximum Gasteiger partial charge on any atom is 0.270 e. The van der Waals surface area contributed by atoms with Gasteiger partial charge in [-0.25, -0.2) is 4.98 Å². The summed E-state index contributed by atoms with van der Waals surface area (Å²) in [4.78, 5) is 33.9. The van der Waals surface area contributed by atoms with E-state index in [4.69, 9.17) is 0 Å². The highest BCUT2D eigenvalue weighted by Crippen LogP contribution is 2.28. The van der Waals surface area contributed by atoms with Crippen LogP contribution >= 0.6 is 0 Å². The Morgan fingerprint density at radius 3 is 2.96 bits per heavy atom. The van der Waals surface area contributed by atoms with Crippen molar-refractivity contribution in [3.8, 4) is 5.75 Å². The van der Waals surface area contributed by atoms with E-state index in [1.165, 1.54) is 22.9 Å². The minimum absolute atomic E-state index is 0.0632. The summed E-state index contributed by atoms with van der Waals surface area (Å²) >= 11 is 0. The van der Waals surface area contributed by atoms with E-state index in [1.807, 2.05) is 4.90 Å². The van der Waals surface area contributed by atoms with E-state index in [0.29, 0.717) is 12.5 Å². The van der Waals surface area contributed by atoms with E-state index in [2.05, 4.69) is 16.9 Å². The SMILES string of the molecule is CN1CC2CCC(C1)N(C(=O)c1cnc3c(O)cccn3c1=O)C2. The van der Waals surface area contributed by atoms with E-state index in [1.54, 1.807) is 6.07 Å². The largest absolute Gasteiger partial charge is 0.504 e. The molecule has 0 saturated carbocycles. The van der Waals surface area contributed by atoms with Crippen LogP contribution in [0, 0.1) is 5.92 Å². The van der Waals surface area contributed by atoms with Gasteiger partial charge in [0.25, 0.3) is 11.5 Å². The van der Waals surface area contributed by atoms with Gasteiger partial charge in [0.15, 0.2) is 11.4 Å². The first-order valence-corrected chi connectivity index (χ1v) is 8.23. The fourth-order valence-electron chi connectivity index (χ4n) is 3.96. The molecule has 0 aliphatic carbocycles. The molecule has 2 bridgehead atoms. The average molecular weight is 328 g/mol. The van der Waals surface area contributed by atoms with E-state index < -0.39 is 5.56 Å². The molecule has 5 rings (SSSR count). The van der Waals surface area contributed by atoms with Crippen LogP contribution in [0.25, 0.3) is 5.65 Å². The fraction of sp³-hybridized carbons (Fsp3) is 0.471. The van der Waals surface area contributed by atoms with Crippen molar-refractivity contribution in [2.24, 2.45) is 5.92 Å². The molecule has 0 aromatic carbocycles. The van der Waals surface area contributed by atoms with Gasteiger partial charge in [0.1, 0.15) is 5.56 Å². The van der Waals surface area contributed by atoms with Gasteiger partial charge in [-0.2, -0.15) is 0 Å². The van der Waals surface area contributed by atoms with Crippen molar-refractivity contribution in [1.29, 1.82) is 0 Å². The van der Waals surface area contributed by atoms with Crippen molar-refractivity contribution >= 4 is 11.6 Å². The van der Waals surface area contributed by atoms with Crippen LogP contribution in [0.5, 0.6) is 5.75 Å². The minimum Gasteiger partial charge on any atom is -0.504 e. The van der Waals surface area contributed by atoms with Crippen LogP contribution in [-0.2, 0) is 0 Å². The zero-order valence-electron chi connectivity index (χ0n) is 13.6. The molecule has 2 atom stereocenters. The Labute approximate surface area is 139 Å². The lowest BCUT2D eigenvalue weighted by molar-refractivity contribution is 0.0584. The van der Waals surface area contributed by atoms with E-state index >= 15 is 0 Å². The Morgan fingerprint density at radius 1 is 1.29 bits per heavy atom. The molecule has 2 aromatic rings. The molecule has 3 fully saturated rings. The van der Waals surface area contributed by atoms with Gasteiger partial charge in [-0.15, -0.1) is 0 Å². The number of piperidine rings is 1. The number of rotatable bonds is 1. The number of aromatic hydroxyl groups is 1. The van der Waals surface area contributed by atoms with Crippen LogP contribution in [-0.4, -0.2) is 62.9 Å². The maximum atomic E-state index is 13.0. The highest BCUT2D eigenvalue weighted by Gasteiger charge is 2.37. The predicted molar refractivity (Wildman–Crippen MR) is 88.2 cm³/mol. The van der Waals surface area contributed by atoms with Crippen molar-refractivity contribution in [2.75, 3.05) is 26.7 Å². The number of amides is 1. The smallest absolute Gasteiger partial charge is 0.270 e. The standard InChI is InChI=1S/C17H20N4O3/c1-19-8-11-4-5-12(10-19)21(9-11)17(24)13-7-18-15-14(22)3-2-6-20(15)16(13)23/h2-3,6-7,11-12,22H,4-5,8-10H2,1H3. The summed E-state index contributed by atoms with van der Waals surface area (Å²) in [6.07, 6.45) is 4.91. The number of likely N-dealkylation sites (N-methyl/N-ethyl adjacent to an activating group) is 1. The fourth-order valence-corrected chi connectivity index (χ4v) is 3.96. The molecular weight excluding hydrogens is 308 g/mol. The molecule has 7 heteroatoms. The maximum absolute atomic E-state index is 13.0. The third-order valence-corrected chi connectivity index (χ3v) is 5.10. The number of carbonyl (C=O) groups excluding carboxylic acids is 1. The van der Waals surface area contributed by atoms with E-state index in [-0.39, 0.29) is 28.9 Å². The highest BCUT2D eigenvalue weighted by atomic mass is 16.3. The average Bonchev–Trinajstić information content (AvgIpc) is 2.84. The molecule has 1 N–H and O–H groups in total. The molecular formula is C17H20N4O3. The summed E-state index contributed by atoms with van der Waals surface area (Å²) in [6, 6.07) is 3.17. The van der Waals surface area contributed by atoms with Gasteiger partial charge in [-0.05, 0) is 37.9 Å². The quantitative estimate of drug-likeness (QED) is 0.828. The van der Waals surface area contributed by atoms with Crippen LogP contribution < -0.4 is 5.56 Å². The zero-order valence-corrected chi connectivity index (χ0v) is 13.6. The van der Waals surface area contributed by atoms with Gasteiger partial charge in [0, 0.05) is 38.1 Å². The first kappa shape index (κ1) is 15.1. The van der Waals surface area contributed by atoms with E-state index in [9.17, 15) is 14.7 Å². The number of carbonyl (C=O) groups is 1. The van der Waals surface area contributed by atoms with Crippen LogP contribution in [0.4, 0.5) is 0 Å². The lowest BCUT2D eigenvalue weighted by Gasteiger charge is -2.36. The van der Waals surface area contributed by atoms with Crippen molar-refractivity contribution in [3.05, 3.63) is 40.4 Å². The van der Waals surface area contributed by atoms with Gasteiger partial charge >= 0.3 is 0 Å². The molecule has 2 aromatic heterocycles. The summed E-state index contributed by atoms with van der Waals surface area (Å²) in [5.41, 5.74) is -0.209. The number of hydrogen-bond acceptors (Lipinski definition) is 5. The van der Waals surface area contributed by atoms with Crippen molar-refractivity contribution < 1.29 is 9.90 Å². The van der Waals surface area contributed by atoms with E-state index in [0.717, 1.165) is 25.9 Å². The summed E-state index contributed by atoms with van der Waals surface area (Å²) in [7, 11) is 2.08. The Morgan fingerprint density at radius 2 is 2.12 bits per heavy atom. The normalized spacial score (nSPS) is 24.3. The second-order valence-corrected chi connectivity index (χ2v) is 6.84. The molecule has 126 valence electrons. The van der Waals surface area contributed by atoms with Gasteiger partial charge in [0.05, 0.1) is 0 Å².